The summed E-state index contributed by atoms with van der Waals surface area (Å²) < 4.78 is 13.4. The molecule has 19 heavy (non-hydrogen) atoms. The third-order valence-electron chi connectivity index (χ3n) is 4.47. The van der Waals surface area contributed by atoms with Gasteiger partial charge in [0, 0.05) is 18.4 Å². The number of amides is 1. The largest absolute Gasteiger partial charge is 0.394 e. The van der Waals surface area contributed by atoms with E-state index in [-0.39, 0.29) is 37.4 Å². The first-order valence-corrected chi connectivity index (χ1v) is 7.32. The van der Waals surface area contributed by atoms with Crippen LogP contribution in [0.3, 0.4) is 0 Å². The van der Waals surface area contributed by atoms with Gasteiger partial charge >= 0.3 is 0 Å². The number of alkyl halides is 1. The molecule has 0 radical (unpaired) electrons. The molecule has 2 aliphatic rings. The van der Waals surface area contributed by atoms with Gasteiger partial charge in [-0.2, -0.15) is 0 Å². The molecule has 2 fully saturated rings. The highest BCUT2D eigenvalue weighted by Crippen LogP contribution is 2.27. The average Bonchev–Trinajstić information content (AvgIpc) is 2.79. The SMILES string of the molecule is CC(C)N1CCC(C(=O)N2C[C@@H](F)C[C@H]2CO)CC1. The first-order valence-electron chi connectivity index (χ1n) is 7.32. The second-order valence-corrected chi connectivity index (χ2v) is 6.06. The van der Waals surface area contributed by atoms with Crippen molar-refractivity contribution in [3.8, 4) is 0 Å². The molecule has 2 saturated heterocycles. The molecule has 2 aliphatic heterocycles. The normalized spacial score (nSPS) is 30.3. The van der Waals surface area contributed by atoms with Gasteiger partial charge in [0.1, 0.15) is 6.17 Å². The molecule has 0 spiro atoms. The Kier molecular flexibility index (Phi) is 4.79. The van der Waals surface area contributed by atoms with Gasteiger partial charge < -0.3 is 14.9 Å². The van der Waals surface area contributed by atoms with E-state index >= 15 is 0 Å². The van der Waals surface area contributed by atoms with Crippen LogP contribution >= 0.6 is 0 Å². The van der Waals surface area contributed by atoms with Gasteiger partial charge in [0.25, 0.3) is 0 Å². The number of aliphatic hydroxyl groups excluding tert-OH is 1. The smallest absolute Gasteiger partial charge is 0.226 e. The van der Waals surface area contributed by atoms with Crippen LogP contribution < -0.4 is 0 Å². The minimum atomic E-state index is -0.975. The summed E-state index contributed by atoms with van der Waals surface area (Å²) in [6.07, 6.45) is 1.01. The summed E-state index contributed by atoms with van der Waals surface area (Å²) in [6, 6.07) is 0.203. The number of likely N-dealkylation sites (tertiary alicyclic amines) is 2. The van der Waals surface area contributed by atoms with E-state index in [1.54, 1.807) is 4.90 Å². The Morgan fingerprint density at radius 2 is 2.00 bits per heavy atom. The van der Waals surface area contributed by atoms with Gasteiger partial charge in [-0.3, -0.25) is 4.79 Å². The van der Waals surface area contributed by atoms with Crippen molar-refractivity contribution in [2.75, 3.05) is 26.2 Å². The molecule has 2 heterocycles. The highest BCUT2D eigenvalue weighted by atomic mass is 19.1. The molecule has 0 aromatic heterocycles. The van der Waals surface area contributed by atoms with Crippen LogP contribution in [-0.2, 0) is 4.79 Å². The standard InChI is InChI=1S/C14H25FN2O2/c1-10(2)16-5-3-11(4-6-16)14(19)17-8-12(15)7-13(17)9-18/h10-13,18H,3-9H2,1-2H3/t12-,13-/m0/s1. The van der Waals surface area contributed by atoms with E-state index in [4.69, 9.17) is 0 Å². The maximum atomic E-state index is 13.4. The van der Waals surface area contributed by atoms with Crippen molar-refractivity contribution in [2.24, 2.45) is 5.92 Å². The summed E-state index contributed by atoms with van der Waals surface area (Å²) in [5.41, 5.74) is 0. The number of carbonyl (C=O) groups excluding carboxylic acids is 1. The minimum Gasteiger partial charge on any atom is -0.394 e. The summed E-state index contributed by atoms with van der Waals surface area (Å²) in [5, 5.41) is 9.25. The van der Waals surface area contributed by atoms with E-state index in [2.05, 4.69) is 18.7 Å². The molecule has 0 saturated carbocycles. The second-order valence-electron chi connectivity index (χ2n) is 6.06. The van der Waals surface area contributed by atoms with Crippen LogP contribution in [0.4, 0.5) is 4.39 Å². The number of aliphatic hydroxyl groups is 1. The first-order chi connectivity index (χ1) is 9.02. The summed E-state index contributed by atoms with van der Waals surface area (Å²) in [5.74, 6) is 0.0527. The predicted molar refractivity (Wildman–Crippen MR) is 71.5 cm³/mol. The average molecular weight is 272 g/mol. The molecule has 0 bridgehead atoms. The molecular formula is C14H25FN2O2. The second kappa shape index (κ2) is 6.18. The van der Waals surface area contributed by atoms with Gasteiger partial charge in [-0.1, -0.05) is 0 Å². The van der Waals surface area contributed by atoms with E-state index in [0.29, 0.717) is 6.04 Å². The highest BCUT2D eigenvalue weighted by molar-refractivity contribution is 5.79. The molecule has 0 unspecified atom stereocenters. The van der Waals surface area contributed by atoms with E-state index in [9.17, 15) is 14.3 Å². The molecule has 2 rings (SSSR count). The van der Waals surface area contributed by atoms with Crippen molar-refractivity contribution in [3.05, 3.63) is 0 Å². The lowest BCUT2D eigenvalue weighted by Crippen LogP contribution is -2.46. The monoisotopic (exact) mass is 272 g/mol. The number of rotatable bonds is 3. The fourth-order valence-corrected chi connectivity index (χ4v) is 3.20. The van der Waals surface area contributed by atoms with Crippen LogP contribution in [0.5, 0.6) is 0 Å². The number of piperidine rings is 1. The number of nitrogens with zero attached hydrogens (tertiary/aromatic N) is 2. The molecule has 0 aromatic carbocycles. The molecule has 5 heteroatoms. The minimum absolute atomic E-state index is 0.00866. The Balaban J connectivity index is 1.90. The van der Waals surface area contributed by atoms with Crippen molar-refractivity contribution in [2.45, 2.75) is 51.4 Å². The molecule has 1 N–H and O–H groups in total. The van der Waals surface area contributed by atoms with Crippen molar-refractivity contribution < 1.29 is 14.3 Å². The Labute approximate surface area is 114 Å². The van der Waals surface area contributed by atoms with Crippen LogP contribution in [0, 0.1) is 5.92 Å². The van der Waals surface area contributed by atoms with Crippen molar-refractivity contribution in [3.63, 3.8) is 0 Å². The number of carbonyl (C=O) groups is 1. The number of hydrogen-bond acceptors (Lipinski definition) is 3. The molecular weight excluding hydrogens is 247 g/mol. The Morgan fingerprint density at radius 3 is 2.53 bits per heavy atom. The Morgan fingerprint density at radius 1 is 1.37 bits per heavy atom. The third-order valence-corrected chi connectivity index (χ3v) is 4.47. The van der Waals surface area contributed by atoms with Crippen LogP contribution in [0.1, 0.15) is 33.1 Å². The van der Waals surface area contributed by atoms with Crippen LogP contribution in [0.2, 0.25) is 0 Å². The van der Waals surface area contributed by atoms with E-state index in [1.807, 2.05) is 0 Å². The van der Waals surface area contributed by atoms with E-state index in [1.165, 1.54) is 0 Å². The summed E-state index contributed by atoms with van der Waals surface area (Å²) in [7, 11) is 0. The lowest BCUT2D eigenvalue weighted by molar-refractivity contribution is -0.139. The van der Waals surface area contributed by atoms with Gasteiger partial charge in [0.05, 0.1) is 19.2 Å². The van der Waals surface area contributed by atoms with Crippen molar-refractivity contribution in [1.29, 1.82) is 0 Å². The molecule has 1 amide bonds. The Bertz CT molecular complexity index is 317. The summed E-state index contributed by atoms with van der Waals surface area (Å²) >= 11 is 0. The van der Waals surface area contributed by atoms with Crippen molar-refractivity contribution in [1.82, 2.24) is 9.80 Å². The molecule has 110 valence electrons. The number of hydrogen-bond donors (Lipinski definition) is 1. The third kappa shape index (κ3) is 3.26. The Hall–Kier alpha value is -0.680. The fourth-order valence-electron chi connectivity index (χ4n) is 3.20. The van der Waals surface area contributed by atoms with Crippen LogP contribution in [0.25, 0.3) is 0 Å². The van der Waals surface area contributed by atoms with E-state index in [0.717, 1.165) is 25.9 Å². The van der Waals surface area contributed by atoms with Gasteiger partial charge in [-0.15, -0.1) is 0 Å². The zero-order chi connectivity index (χ0) is 14.0. The van der Waals surface area contributed by atoms with Gasteiger partial charge in [0.15, 0.2) is 0 Å². The fraction of sp³-hybridized carbons (Fsp3) is 0.929. The quantitative estimate of drug-likeness (QED) is 0.835. The predicted octanol–water partition coefficient (Wildman–Crippen LogP) is 1.04. The van der Waals surface area contributed by atoms with Crippen molar-refractivity contribution >= 4 is 5.91 Å². The van der Waals surface area contributed by atoms with E-state index < -0.39 is 6.17 Å². The number of halogens is 1. The molecule has 0 aromatic rings. The lowest BCUT2D eigenvalue weighted by Gasteiger charge is -2.36. The van der Waals surface area contributed by atoms with Gasteiger partial charge in [-0.25, -0.2) is 4.39 Å². The topological polar surface area (TPSA) is 43.8 Å². The maximum absolute atomic E-state index is 13.4. The van der Waals surface area contributed by atoms with Crippen LogP contribution in [-0.4, -0.2) is 65.3 Å². The summed E-state index contributed by atoms with van der Waals surface area (Å²) in [6.45, 7) is 6.23. The lowest BCUT2D eigenvalue weighted by atomic mass is 9.94. The molecule has 4 nitrogen and oxygen atoms in total. The molecule has 2 atom stereocenters. The van der Waals surface area contributed by atoms with Crippen LogP contribution in [0.15, 0.2) is 0 Å². The molecule has 0 aliphatic carbocycles. The first kappa shape index (κ1) is 14.7. The zero-order valence-corrected chi connectivity index (χ0v) is 11.9. The highest BCUT2D eigenvalue weighted by Gasteiger charge is 2.38. The zero-order valence-electron chi connectivity index (χ0n) is 11.9. The summed E-state index contributed by atoms with van der Waals surface area (Å²) in [4.78, 5) is 16.4. The van der Waals surface area contributed by atoms with Gasteiger partial charge in [-0.05, 0) is 39.8 Å². The maximum Gasteiger partial charge on any atom is 0.226 e. The van der Waals surface area contributed by atoms with Gasteiger partial charge in [0.2, 0.25) is 5.91 Å².